The molecule has 2 amide bonds. The lowest BCUT2D eigenvalue weighted by molar-refractivity contribution is 0.251. The second-order valence-corrected chi connectivity index (χ2v) is 7.34. The van der Waals surface area contributed by atoms with Gasteiger partial charge in [0.15, 0.2) is 0 Å². The summed E-state index contributed by atoms with van der Waals surface area (Å²) in [6.45, 7) is 6.78. The van der Waals surface area contributed by atoms with E-state index in [1.54, 1.807) is 11.8 Å². The third kappa shape index (κ3) is 4.80. The van der Waals surface area contributed by atoms with Gasteiger partial charge in [0.05, 0.1) is 23.6 Å². The van der Waals surface area contributed by atoms with Gasteiger partial charge in [0, 0.05) is 24.5 Å². The maximum atomic E-state index is 12.2. The van der Waals surface area contributed by atoms with Crippen LogP contribution in [0.1, 0.15) is 31.2 Å². The largest absolute Gasteiger partial charge is 0.332 e. The number of rotatable bonds is 6. The maximum Gasteiger partial charge on any atom is 0.319 e. The molecule has 2 N–H and O–H groups in total. The molecule has 6 nitrogen and oxygen atoms in total. The fourth-order valence-electron chi connectivity index (χ4n) is 3.27. The monoisotopic (exact) mass is 373 g/mol. The van der Waals surface area contributed by atoms with Crippen LogP contribution in [0.25, 0.3) is 0 Å². The van der Waals surface area contributed by atoms with E-state index in [1.807, 2.05) is 30.5 Å². The van der Waals surface area contributed by atoms with Gasteiger partial charge in [0.2, 0.25) is 0 Å². The Bertz CT molecular complexity index is 745. The van der Waals surface area contributed by atoms with E-state index < -0.39 is 0 Å². The van der Waals surface area contributed by atoms with Crippen LogP contribution in [0.2, 0.25) is 0 Å². The number of carbonyl (C=O) groups is 1. The summed E-state index contributed by atoms with van der Waals surface area (Å²) >= 11 is 1.61. The van der Waals surface area contributed by atoms with Crippen molar-refractivity contribution in [1.82, 2.24) is 20.0 Å². The Morgan fingerprint density at radius 2 is 2.15 bits per heavy atom. The molecule has 3 rings (SSSR count). The quantitative estimate of drug-likeness (QED) is 0.760. The number of amides is 2. The molecule has 1 aromatic carbocycles. The maximum absolute atomic E-state index is 12.2. The van der Waals surface area contributed by atoms with Gasteiger partial charge in [-0.25, -0.2) is 4.79 Å². The normalized spacial score (nSPS) is 14.5. The van der Waals surface area contributed by atoms with E-state index in [9.17, 15) is 4.79 Å². The number of fused-ring (bicyclic) bond motifs is 1. The number of hydrogen-bond acceptors (Lipinski definition) is 4. The van der Waals surface area contributed by atoms with Gasteiger partial charge in [0.25, 0.3) is 0 Å². The molecular weight excluding hydrogens is 346 g/mol. The molecule has 26 heavy (non-hydrogen) atoms. The van der Waals surface area contributed by atoms with E-state index >= 15 is 0 Å². The van der Waals surface area contributed by atoms with Crippen LogP contribution >= 0.6 is 11.8 Å². The van der Waals surface area contributed by atoms with E-state index in [0.717, 1.165) is 48.9 Å². The molecule has 0 saturated heterocycles. The van der Waals surface area contributed by atoms with Crippen molar-refractivity contribution in [3.8, 4) is 0 Å². The van der Waals surface area contributed by atoms with Gasteiger partial charge in [-0.15, -0.1) is 11.8 Å². The van der Waals surface area contributed by atoms with Crippen molar-refractivity contribution in [3.63, 3.8) is 0 Å². The minimum absolute atomic E-state index is 0.206. The minimum Gasteiger partial charge on any atom is -0.332 e. The number of carbonyl (C=O) groups excluding carboxylic acids is 1. The highest BCUT2D eigenvalue weighted by Crippen LogP contribution is 2.24. The van der Waals surface area contributed by atoms with Gasteiger partial charge in [-0.1, -0.05) is 19.1 Å². The number of aryl methyl sites for hydroxylation is 1. The van der Waals surface area contributed by atoms with Gasteiger partial charge in [-0.2, -0.15) is 5.10 Å². The molecular formula is C19H27N5OS. The second-order valence-electron chi connectivity index (χ2n) is 6.49. The van der Waals surface area contributed by atoms with Crippen molar-refractivity contribution in [2.75, 3.05) is 24.7 Å². The Morgan fingerprint density at radius 1 is 1.31 bits per heavy atom. The number of para-hydroxylation sites is 1. The van der Waals surface area contributed by atoms with E-state index in [-0.39, 0.29) is 6.03 Å². The van der Waals surface area contributed by atoms with Crippen molar-refractivity contribution in [1.29, 1.82) is 0 Å². The number of nitrogens with zero attached hydrogens (tertiary/aromatic N) is 3. The topological polar surface area (TPSA) is 62.2 Å². The highest BCUT2D eigenvalue weighted by Gasteiger charge is 2.16. The molecule has 2 aromatic rings. The molecule has 0 bridgehead atoms. The van der Waals surface area contributed by atoms with Crippen molar-refractivity contribution in [2.45, 2.75) is 44.3 Å². The van der Waals surface area contributed by atoms with Gasteiger partial charge in [0.1, 0.15) is 0 Å². The molecule has 1 aliphatic rings. The third-order valence-electron chi connectivity index (χ3n) is 4.47. The summed E-state index contributed by atoms with van der Waals surface area (Å²) in [5.41, 5.74) is 2.97. The van der Waals surface area contributed by atoms with Crippen molar-refractivity contribution in [2.24, 2.45) is 0 Å². The second kappa shape index (κ2) is 9.09. The van der Waals surface area contributed by atoms with E-state index in [1.165, 1.54) is 12.1 Å². The predicted octanol–water partition coefficient (Wildman–Crippen LogP) is 3.54. The standard InChI is InChI=1S/C19H27N5OS/c1-3-9-23-10-6-11-24-16(14-23)12-15(22-24)13-20-19(25)21-17-7-4-5-8-18(17)26-2/h4-5,7-8,12H,3,6,9-11,13-14H2,1-2H3,(H2,20,21,25). The summed E-state index contributed by atoms with van der Waals surface area (Å²) in [7, 11) is 0. The number of benzene rings is 1. The van der Waals surface area contributed by atoms with Gasteiger partial charge < -0.3 is 10.6 Å². The zero-order valence-corrected chi connectivity index (χ0v) is 16.3. The molecule has 1 aliphatic heterocycles. The Kier molecular flexibility index (Phi) is 6.57. The molecule has 0 fully saturated rings. The number of aromatic nitrogens is 2. The predicted molar refractivity (Wildman–Crippen MR) is 106 cm³/mol. The molecule has 0 atom stereocenters. The summed E-state index contributed by atoms with van der Waals surface area (Å²) < 4.78 is 2.09. The lowest BCUT2D eigenvalue weighted by atomic mass is 10.3. The molecule has 1 aromatic heterocycles. The van der Waals surface area contributed by atoms with E-state index in [0.29, 0.717) is 6.54 Å². The van der Waals surface area contributed by atoms with Crippen LogP contribution in [0.5, 0.6) is 0 Å². The summed E-state index contributed by atoms with van der Waals surface area (Å²) in [4.78, 5) is 15.7. The molecule has 0 saturated carbocycles. The van der Waals surface area contributed by atoms with Crippen molar-refractivity contribution >= 4 is 23.5 Å². The first-order valence-corrected chi connectivity index (χ1v) is 10.4. The van der Waals surface area contributed by atoms with Crippen LogP contribution in [-0.4, -0.2) is 40.1 Å². The summed E-state index contributed by atoms with van der Waals surface area (Å²) in [6, 6.07) is 9.70. The first-order chi connectivity index (χ1) is 12.7. The smallest absolute Gasteiger partial charge is 0.319 e. The molecule has 0 aliphatic carbocycles. The SMILES string of the molecule is CCCN1CCCn2nc(CNC(=O)Nc3ccccc3SC)cc2C1. The Labute approximate surface area is 159 Å². The molecule has 0 radical (unpaired) electrons. The molecule has 0 spiro atoms. The number of hydrogen-bond donors (Lipinski definition) is 2. The molecule has 2 heterocycles. The zero-order chi connectivity index (χ0) is 18.4. The highest BCUT2D eigenvalue weighted by atomic mass is 32.2. The van der Waals surface area contributed by atoms with Crippen LogP contribution in [0.15, 0.2) is 35.2 Å². The summed E-state index contributed by atoms with van der Waals surface area (Å²) in [5, 5.41) is 10.5. The Balaban J connectivity index is 1.57. The van der Waals surface area contributed by atoms with Crippen LogP contribution in [0, 0.1) is 0 Å². The first kappa shape index (κ1) is 18.8. The number of anilines is 1. The molecule has 0 unspecified atom stereocenters. The fourth-order valence-corrected chi connectivity index (χ4v) is 3.82. The van der Waals surface area contributed by atoms with Crippen LogP contribution < -0.4 is 10.6 Å². The average molecular weight is 374 g/mol. The highest BCUT2D eigenvalue weighted by molar-refractivity contribution is 7.98. The minimum atomic E-state index is -0.206. The molecule has 140 valence electrons. The van der Waals surface area contributed by atoms with Crippen molar-refractivity contribution in [3.05, 3.63) is 41.7 Å². The number of thioether (sulfide) groups is 1. The number of nitrogens with one attached hydrogen (secondary N) is 2. The van der Waals surface area contributed by atoms with Gasteiger partial charge in [-0.05, 0) is 43.8 Å². The average Bonchev–Trinajstić information content (AvgIpc) is 2.92. The first-order valence-electron chi connectivity index (χ1n) is 9.15. The molecule has 7 heteroatoms. The third-order valence-corrected chi connectivity index (χ3v) is 5.26. The van der Waals surface area contributed by atoms with Gasteiger partial charge in [-0.3, -0.25) is 9.58 Å². The summed E-state index contributed by atoms with van der Waals surface area (Å²) in [5.74, 6) is 0. The van der Waals surface area contributed by atoms with E-state index in [2.05, 4.69) is 38.3 Å². The van der Waals surface area contributed by atoms with E-state index in [4.69, 9.17) is 0 Å². The van der Waals surface area contributed by atoms with Crippen LogP contribution in [0.4, 0.5) is 10.5 Å². The fraction of sp³-hybridized carbons (Fsp3) is 0.474. The summed E-state index contributed by atoms with van der Waals surface area (Å²) in [6.07, 6.45) is 4.28. The Morgan fingerprint density at radius 3 is 2.96 bits per heavy atom. The zero-order valence-electron chi connectivity index (χ0n) is 15.5. The van der Waals surface area contributed by atoms with Crippen LogP contribution in [0.3, 0.4) is 0 Å². The Hall–Kier alpha value is -1.99. The van der Waals surface area contributed by atoms with Crippen LogP contribution in [-0.2, 0) is 19.6 Å². The number of urea groups is 1. The van der Waals surface area contributed by atoms with Gasteiger partial charge >= 0.3 is 6.03 Å². The van der Waals surface area contributed by atoms with Crippen molar-refractivity contribution < 1.29 is 4.79 Å². The lowest BCUT2D eigenvalue weighted by Gasteiger charge is -2.17. The lowest BCUT2D eigenvalue weighted by Crippen LogP contribution is -2.28.